The Balaban J connectivity index is 0.000000159. The van der Waals surface area contributed by atoms with E-state index in [1.165, 1.54) is 0 Å². The Morgan fingerprint density at radius 2 is 1.72 bits per heavy atom. The van der Waals surface area contributed by atoms with Crippen LogP contribution < -0.4 is 0 Å². The number of hydrogen-bond donors (Lipinski definition) is 1. The highest BCUT2D eigenvalue weighted by Gasteiger charge is 2.10. The van der Waals surface area contributed by atoms with Crippen LogP contribution in [-0.4, -0.2) is 39.5 Å². The summed E-state index contributed by atoms with van der Waals surface area (Å²) in [6, 6.07) is 0. The van der Waals surface area contributed by atoms with E-state index in [0.717, 1.165) is 25.5 Å². The van der Waals surface area contributed by atoms with E-state index >= 15 is 0 Å². The number of aromatic amines is 1. The number of pyridine rings is 2. The standard InChI is InChI=1S/C11H9BrClN5.C6H3BrClN3/c1-17-3-2-14-9(17)6-18-5-7-10(13)8(12)4-15-11(7)16-18;7-4-2-9-6-3(5(4)8)1-10-11-6/h2-5H,6H2,1H3;1-2H,(H,9,10,11). The van der Waals surface area contributed by atoms with Crippen LogP contribution in [-0.2, 0) is 13.6 Å². The zero-order valence-corrected chi connectivity index (χ0v) is 19.5. The summed E-state index contributed by atoms with van der Waals surface area (Å²) >= 11 is 18.7. The fourth-order valence-electron chi connectivity index (χ4n) is 2.58. The van der Waals surface area contributed by atoms with Gasteiger partial charge < -0.3 is 4.57 Å². The number of H-pyrrole nitrogens is 1. The van der Waals surface area contributed by atoms with Gasteiger partial charge in [-0.2, -0.15) is 10.2 Å². The molecule has 8 nitrogen and oxygen atoms in total. The van der Waals surface area contributed by atoms with E-state index in [0.29, 0.717) is 27.9 Å². The molecule has 5 aromatic rings. The van der Waals surface area contributed by atoms with E-state index in [1.54, 1.807) is 29.5 Å². The molecule has 148 valence electrons. The topological polar surface area (TPSA) is 90.1 Å². The molecule has 0 aliphatic rings. The first-order chi connectivity index (χ1) is 13.9. The minimum absolute atomic E-state index is 0.591. The van der Waals surface area contributed by atoms with Crippen molar-refractivity contribution in [1.82, 2.24) is 39.5 Å². The van der Waals surface area contributed by atoms with Crippen molar-refractivity contribution in [2.24, 2.45) is 7.05 Å². The van der Waals surface area contributed by atoms with Crippen LogP contribution in [0.25, 0.3) is 22.1 Å². The molecule has 0 radical (unpaired) electrons. The number of aryl methyl sites for hydroxylation is 1. The molecule has 5 heterocycles. The Morgan fingerprint density at radius 3 is 2.45 bits per heavy atom. The smallest absolute Gasteiger partial charge is 0.182 e. The van der Waals surface area contributed by atoms with Gasteiger partial charge in [-0.1, -0.05) is 23.2 Å². The van der Waals surface area contributed by atoms with Gasteiger partial charge in [0.05, 0.1) is 42.5 Å². The van der Waals surface area contributed by atoms with Crippen LogP contribution in [0.15, 0.2) is 46.1 Å². The molecule has 0 atom stereocenters. The molecule has 0 unspecified atom stereocenters. The van der Waals surface area contributed by atoms with Crippen molar-refractivity contribution in [2.45, 2.75) is 6.54 Å². The van der Waals surface area contributed by atoms with Crippen molar-refractivity contribution in [1.29, 1.82) is 0 Å². The maximum Gasteiger partial charge on any atom is 0.182 e. The van der Waals surface area contributed by atoms with Crippen molar-refractivity contribution in [3.05, 3.63) is 62.0 Å². The highest BCUT2D eigenvalue weighted by atomic mass is 79.9. The van der Waals surface area contributed by atoms with Crippen molar-refractivity contribution in [3.8, 4) is 0 Å². The number of halogens is 4. The zero-order chi connectivity index (χ0) is 20.5. The van der Waals surface area contributed by atoms with Gasteiger partial charge in [-0.25, -0.2) is 15.0 Å². The van der Waals surface area contributed by atoms with Crippen LogP contribution >= 0.6 is 55.1 Å². The predicted octanol–water partition coefficient (Wildman–Crippen LogP) is 5.00. The summed E-state index contributed by atoms with van der Waals surface area (Å²) in [4.78, 5) is 12.5. The van der Waals surface area contributed by atoms with Crippen LogP contribution in [0.5, 0.6) is 0 Å². The van der Waals surface area contributed by atoms with Gasteiger partial charge in [0.25, 0.3) is 0 Å². The Bertz CT molecular complexity index is 1310. The van der Waals surface area contributed by atoms with Crippen molar-refractivity contribution >= 4 is 77.1 Å². The van der Waals surface area contributed by atoms with Crippen LogP contribution in [0.4, 0.5) is 0 Å². The van der Waals surface area contributed by atoms with Crippen molar-refractivity contribution in [3.63, 3.8) is 0 Å². The molecule has 12 heteroatoms. The SMILES string of the molecule is Clc1c(Br)cnc2[nH]ncc12.Cn1ccnc1Cn1cc2c(Cl)c(Br)cnc2n1. The molecule has 0 aromatic carbocycles. The van der Waals surface area contributed by atoms with E-state index in [4.69, 9.17) is 23.2 Å². The van der Waals surface area contributed by atoms with Crippen molar-refractivity contribution in [2.75, 3.05) is 0 Å². The Kier molecular flexibility index (Phi) is 5.86. The molecule has 5 rings (SSSR count). The molecule has 0 aliphatic heterocycles. The fourth-order valence-corrected chi connectivity index (χ4v) is 3.59. The third-order valence-electron chi connectivity index (χ3n) is 4.09. The lowest BCUT2D eigenvalue weighted by Gasteiger charge is -2.00. The second-order valence-electron chi connectivity index (χ2n) is 5.99. The molecule has 0 spiro atoms. The maximum absolute atomic E-state index is 6.19. The molecule has 0 bridgehead atoms. The number of nitrogens with zero attached hydrogens (tertiary/aromatic N) is 7. The summed E-state index contributed by atoms with van der Waals surface area (Å²) in [6.07, 6.45) is 10.5. The molecule has 0 saturated carbocycles. The second kappa shape index (κ2) is 8.39. The van der Waals surface area contributed by atoms with E-state index in [1.807, 2.05) is 24.0 Å². The number of hydrogen-bond acceptors (Lipinski definition) is 5. The molecule has 0 aliphatic carbocycles. The van der Waals surface area contributed by atoms with Gasteiger partial charge >= 0.3 is 0 Å². The van der Waals surface area contributed by atoms with Gasteiger partial charge in [-0.05, 0) is 31.9 Å². The largest absolute Gasteiger partial charge is 0.336 e. The number of fused-ring (bicyclic) bond motifs is 2. The van der Waals surface area contributed by atoms with Gasteiger partial charge in [-0.3, -0.25) is 9.78 Å². The number of nitrogens with one attached hydrogen (secondary N) is 1. The minimum Gasteiger partial charge on any atom is -0.336 e. The summed E-state index contributed by atoms with van der Waals surface area (Å²) < 4.78 is 5.30. The maximum atomic E-state index is 6.19. The molecular formula is C17H12Br2Cl2N8. The summed E-state index contributed by atoms with van der Waals surface area (Å²) in [5.41, 5.74) is 1.34. The van der Waals surface area contributed by atoms with E-state index in [2.05, 4.69) is 62.1 Å². The Morgan fingerprint density at radius 1 is 1.00 bits per heavy atom. The average Bonchev–Trinajstić information content (AvgIpc) is 3.43. The van der Waals surface area contributed by atoms with Crippen molar-refractivity contribution < 1.29 is 0 Å². The van der Waals surface area contributed by atoms with E-state index < -0.39 is 0 Å². The predicted molar refractivity (Wildman–Crippen MR) is 119 cm³/mol. The van der Waals surface area contributed by atoms with Gasteiger partial charge in [0.1, 0.15) is 5.82 Å². The highest BCUT2D eigenvalue weighted by Crippen LogP contribution is 2.29. The molecule has 0 fully saturated rings. The van der Waals surface area contributed by atoms with Gasteiger partial charge in [0.15, 0.2) is 11.3 Å². The first-order valence-electron chi connectivity index (χ1n) is 8.20. The van der Waals surface area contributed by atoms with Crippen LogP contribution in [0, 0.1) is 0 Å². The number of imidazole rings is 1. The summed E-state index contributed by atoms with van der Waals surface area (Å²) in [6.45, 7) is 0.591. The summed E-state index contributed by atoms with van der Waals surface area (Å²) in [7, 11) is 1.95. The van der Waals surface area contributed by atoms with Gasteiger partial charge in [0.2, 0.25) is 0 Å². The number of rotatable bonds is 2. The number of aromatic nitrogens is 8. The monoisotopic (exact) mass is 556 g/mol. The van der Waals surface area contributed by atoms with E-state index in [-0.39, 0.29) is 0 Å². The first kappa shape index (κ1) is 20.3. The van der Waals surface area contributed by atoms with Crippen LogP contribution in [0.3, 0.4) is 0 Å². The lowest BCUT2D eigenvalue weighted by Crippen LogP contribution is -2.05. The van der Waals surface area contributed by atoms with Crippen LogP contribution in [0.2, 0.25) is 10.0 Å². The third kappa shape index (κ3) is 4.16. The molecule has 5 aromatic heterocycles. The second-order valence-corrected chi connectivity index (χ2v) is 8.46. The first-order valence-corrected chi connectivity index (χ1v) is 10.5. The Labute approximate surface area is 191 Å². The lowest BCUT2D eigenvalue weighted by molar-refractivity contribution is 0.636. The lowest BCUT2D eigenvalue weighted by atomic mass is 10.3. The fraction of sp³-hybridized carbons (Fsp3) is 0.118. The molecule has 29 heavy (non-hydrogen) atoms. The minimum atomic E-state index is 0.591. The zero-order valence-electron chi connectivity index (χ0n) is 14.8. The normalized spacial score (nSPS) is 11.1. The molecule has 0 saturated heterocycles. The van der Waals surface area contributed by atoms with Crippen LogP contribution in [0.1, 0.15) is 5.82 Å². The molecular weight excluding hydrogens is 547 g/mol. The average molecular weight is 559 g/mol. The van der Waals surface area contributed by atoms with E-state index in [9.17, 15) is 0 Å². The van der Waals surface area contributed by atoms with Gasteiger partial charge in [-0.15, -0.1) is 0 Å². The third-order valence-corrected chi connectivity index (χ3v) is 6.56. The highest BCUT2D eigenvalue weighted by molar-refractivity contribution is 9.10. The summed E-state index contributed by atoms with van der Waals surface area (Å²) in [5.74, 6) is 0.929. The molecule has 1 N–H and O–H groups in total. The quantitative estimate of drug-likeness (QED) is 0.329. The molecule has 0 amide bonds. The Hall–Kier alpha value is -2.01. The van der Waals surface area contributed by atoms with Gasteiger partial charge in [0, 0.05) is 38.0 Å². The summed E-state index contributed by atoms with van der Waals surface area (Å²) in [5, 5.41) is 13.9.